The predicted molar refractivity (Wildman–Crippen MR) is 92.5 cm³/mol. The van der Waals surface area contributed by atoms with E-state index in [1.165, 1.54) is 38.5 Å². The first-order valence-electron chi connectivity index (χ1n) is 7.01. The van der Waals surface area contributed by atoms with Gasteiger partial charge in [-0.15, -0.1) is 0 Å². The second-order valence-corrected chi connectivity index (χ2v) is 17.6. The number of hydrogen-bond acceptors (Lipinski definition) is 0. The summed E-state index contributed by atoms with van der Waals surface area (Å²) in [6.45, 7) is 8.91. The molecule has 0 aromatic carbocycles. The summed E-state index contributed by atoms with van der Waals surface area (Å²) < 4.78 is 0. The second-order valence-electron chi connectivity index (χ2n) is 5.78. The van der Waals surface area contributed by atoms with Crippen LogP contribution in [0.15, 0.2) is 0 Å². The standard InChI is InChI=1S/C12H22.C2H6.2HI.V/c1-12(2)8-7-10-5-3-4-6-11(10)9-12;1-2;;;/h10-11H,3-9H2,1-2H3;1-2H3;2*1H;/q;;;;+2/p-2. The zero-order valence-corrected chi connectivity index (χ0v) is 17.5. The Bertz CT molecular complexity index is 183. The van der Waals surface area contributed by atoms with Gasteiger partial charge in [0, 0.05) is 0 Å². The van der Waals surface area contributed by atoms with Crippen molar-refractivity contribution in [3.05, 3.63) is 0 Å². The molecular formula is C14H28I2V. The van der Waals surface area contributed by atoms with Crippen LogP contribution in [0.1, 0.15) is 72.6 Å². The molecule has 0 spiro atoms. The zero-order valence-electron chi connectivity index (χ0n) is 11.8. The van der Waals surface area contributed by atoms with Crippen LogP contribution in [0.2, 0.25) is 0 Å². The van der Waals surface area contributed by atoms with Crippen molar-refractivity contribution in [2.75, 3.05) is 0 Å². The molecule has 17 heavy (non-hydrogen) atoms. The minimum absolute atomic E-state index is 0.628. The van der Waals surface area contributed by atoms with E-state index < -0.39 is 0 Å². The van der Waals surface area contributed by atoms with Gasteiger partial charge in [0.25, 0.3) is 0 Å². The molecule has 0 aromatic heterocycles. The molecule has 2 aliphatic rings. The quantitative estimate of drug-likeness (QED) is 0.321. The van der Waals surface area contributed by atoms with Crippen molar-refractivity contribution in [1.82, 2.24) is 0 Å². The summed E-state index contributed by atoms with van der Waals surface area (Å²) >= 11 is 4.74. The molecule has 2 atom stereocenters. The van der Waals surface area contributed by atoms with Gasteiger partial charge in [0.05, 0.1) is 0 Å². The third-order valence-corrected chi connectivity index (χ3v) is 4.07. The summed E-state index contributed by atoms with van der Waals surface area (Å²) in [5.41, 5.74) is 0.665. The van der Waals surface area contributed by atoms with E-state index in [1.54, 1.807) is 6.42 Å². The van der Waals surface area contributed by atoms with E-state index in [9.17, 15) is 0 Å². The fraction of sp³-hybridized carbons (Fsp3) is 1.00. The summed E-state index contributed by atoms with van der Waals surface area (Å²) in [7, 11) is 0.628. The third kappa shape index (κ3) is 8.03. The summed E-state index contributed by atoms with van der Waals surface area (Å²) in [6.07, 6.45) is 10.6. The van der Waals surface area contributed by atoms with E-state index in [0.29, 0.717) is 14.9 Å². The van der Waals surface area contributed by atoms with Crippen LogP contribution in [-0.2, 0) is 9.47 Å². The van der Waals surface area contributed by atoms with Gasteiger partial charge in [-0.3, -0.25) is 0 Å². The molecule has 103 valence electrons. The number of halogens is 2. The molecule has 0 amide bonds. The second kappa shape index (κ2) is 10.8. The summed E-state index contributed by atoms with van der Waals surface area (Å²) in [4.78, 5) is 0. The Labute approximate surface area is 138 Å². The van der Waals surface area contributed by atoms with Crippen molar-refractivity contribution in [3.8, 4) is 0 Å². The Morgan fingerprint density at radius 2 is 1.41 bits per heavy atom. The van der Waals surface area contributed by atoms with Crippen LogP contribution in [0.25, 0.3) is 0 Å². The Kier molecular flexibility index (Phi) is 12.1. The molecular weight excluding hydrogens is 473 g/mol. The van der Waals surface area contributed by atoms with Crippen molar-refractivity contribution in [2.24, 2.45) is 17.3 Å². The van der Waals surface area contributed by atoms with E-state index in [1.807, 2.05) is 13.8 Å². The van der Waals surface area contributed by atoms with E-state index >= 15 is 0 Å². The van der Waals surface area contributed by atoms with Crippen molar-refractivity contribution in [2.45, 2.75) is 72.6 Å². The van der Waals surface area contributed by atoms with Gasteiger partial charge in [0.2, 0.25) is 0 Å². The average molecular weight is 501 g/mol. The van der Waals surface area contributed by atoms with Gasteiger partial charge >= 0.3 is 49.4 Å². The van der Waals surface area contributed by atoms with Crippen LogP contribution in [0.5, 0.6) is 0 Å². The Hall–Kier alpha value is 2.04. The van der Waals surface area contributed by atoms with E-state index in [2.05, 4.69) is 53.8 Å². The van der Waals surface area contributed by atoms with E-state index in [-0.39, 0.29) is 0 Å². The molecule has 2 fully saturated rings. The Balaban J connectivity index is 0.000000450. The SMILES string of the molecule is CC.CC1(C)CCC2CCCCC2C1.[I][V][I]. The predicted octanol–water partition coefficient (Wildman–Crippen LogP) is 6.80. The van der Waals surface area contributed by atoms with Crippen LogP contribution in [0, 0.1) is 17.3 Å². The Morgan fingerprint density at radius 1 is 0.941 bits per heavy atom. The van der Waals surface area contributed by atoms with Gasteiger partial charge in [-0.1, -0.05) is 53.4 Å². The van der Waals surface area contributed by atoms with Gasteiger partial charge in [-0.2, -0.15) is 0 Å². The summed E-state index contributed by atoms with van der Waals surface area (Å²) in [6, 6.07) is 0. The Morgan fingerprint density at radius 3 is 1.94 bits per heavy atom. The topological polar surface area (TPSA) is 0 Å². The van der Waals surface area contributed by atoms with Crippen molar-refractivity contribution in [3.63, 3.8) is 0 Å². The number of rotatable bonds is 0. The third-order valence-electron chi connectivity index (χ3n) is 4.07. The van der Waals surface area contributed by atoms with Crippen molar-refractivity contribution in [1.29, 1.82) is 0 Å². The molecule has 0 N–H and O–H groups in total. The average Bonchev–Trinajstić information content (AvgIpc) is 2.31. The van der Waals surface area contributed by atoms with Crippen molar-refractivity contribution < 1.29 is 9.47 Å². The molecule has 0 radical (unpaired) electrons. The molecule has 0 heterocycles. The summed E-state index contributed by atoms with van der Waals surface area (Å²) in [5.74, 6) is 2.22. The first kappa shape index (κ1) is 19.0. The molecule has 0 aromatic rings. The van der Waals surface area contributed by atoms with Gasteiger partial charge < -0.3 is 0 Å². The molecule has 3 heteroatoms. The molecule has 0 aliphatic heterocycles. The molecule has 2 rings (SSSR count). The van der Waals surface area contributed by atoms with Crippen LogP contribution >= 0.6 is 40.0 Å². The fourth-order valence-electron chi connectivity index (χ4n) is 3.32. The molecule has 0 saturated heterocycles. The van der Waals surface area contributed by atoms with Crippen molar-refractivity contribution >= 4 is 40.0 Å². The molecule has 0 nitrogen and oxygen atoms in total. The van der Waals surface area contributed by atoms with Crippen LogP contribution in [-0.4, -0.2) is 0 Å². The first-order chi connectivity index (χ1) is 8.09. The fourth-order valence-corrected chi connectivity index (χ4v) is 3.32. The number of fused-ring (bicyclic) bond motifs is 1. The van der Waals surface area contributed by atoms with Gasteiger partial charge in [0.1, 0.15) is 0 Å². The van der Waals surface area contributed by atoms with E-state index in [0.717, 1.165) is 11.8 Å². The maximum absolute atomic E-state index is 2.46. The van der Waals surface area contributed by atoms with Gasteiger partial charge in [-0.05, 0) is 36.5 Å². The molecule has 2 saturated carbocycles. The van der Waals surface area contributed by atoms with Gasteiger partial charge in [0.15, 0.2) is 0 Å². The zero-order chi connectivity index (χ0) is 13.3. The van der Waals surface area contributed by atoms with Crippen LogP contribution < -0.4 is 0 Å². The minimum atomic E-state index is 0.628. The molecule has 0 bridgehead atoms. The number of hydrogen-bond donors (Lipinski definition) is 0. The summed E-state index contributed by atoms with van der Waals surface area (Å²) in [5, 5.41) is 0. The van der Waals surface area contributed by atoms with E-state index in [4.69, 9.17) is 0 Å². The van der Waals surface area contributed by atoms with Crippen LogP contribution in [0.4, 0.5) is 0 Å². The van der Waals surface area contributed by atoms with Crippen LogP contribution in [0.3, 0.4) is 0 Å². The first-order valence-corrected chi connectivity index (χ1v) is 16.0. The normalized spacial score (nSPS) is 29.8. The van der Waals surface area contributed by atoms with Gasteiger partial charge in [-0.25, -0.2) is 0 Å². The monoisotopic (exact) mass is 501 g/mol. The molecule has 2 aliphatic carbocycles. The maximum atomic E-state index is 2.46. The molecule has 2 unspecified atom stereocenters.